The first kappa shape index (κ1) is 23.2. The van der Waals surface area contributed by atoms with Gasteiger partial charge in [0, 0.05) is 37.0 Å². The molecule has 1 saturated carbocycles. The number of nitrogens with one attached hydrogen (secondary N) is 1. The van der Waals surface area contributed by atoms with Crippen molar-refractivity contribution < 1.29 is 26.0 Å². The topological polar surface area (TPSA) is 75.2 Å². The van der Waals surface area contributed by atoms with Crippen LogP contribution in [0.2, 0.25) is 0 Å². The molecule has 1 N–H and O–H groups in total. The average Bonchev–Trinajstić information content (AvgIpc) is 3.47. The number of fused-ring (bicyclic) bond motifs is 1. The van der Waals surface area contributed by atoms with E-state index in [0.717, 1.165) is 47.8 Å². The lowest BCUT2D eigenvalue weighted by Crippen LogP contribution is -2.32. The zero-order valence-corrected chi connectivity index (χ0v) is 19.6. The lowest BCUT2D eigenvalue weighted by Gasteiger charge is -2.29. The Kier molecular flexibility index (Phi) is 5.64. The van der Waals surface area contributed by atoms with E-state index >= 15 is 0 Å². The van der Waals surface area contributed by atoms with E-state index in [1.807, 2.05) is 0 Å². The van der Waals surface area contributed by atoms with Gasteiger partial charge >= 0.3 is 6.18 Å². The largest absolute Gasteiger partial charge is 0.420 e. The summed E-state index contributed by atoms with van der Waals surface area (Å²) in [6.07, 6.45) is -0.0769. The molecular formula is C22H20F4N4O2S2. The number of sulfone groups is 1. The van der Waals surface area contributed by atoms with Crippen molar-refractivity contribution in [2.45, 2.75) is 42.9 Å². The Morgan fingerprint density at radius 1 is 1.18 bits per heavy atom. The van der Waals surface area contributed by atoms with Gasteiger partial charge in [0.25, 0.3) is 0 Å². The van der Waals surface area contributed by atoms with Gasteiger partial charge in [-0.2, -0.15) is 13.2 Å². The quantitative estimate of drug-likeness (QED) is 0.484. The molecule has 34 heavy (non-hydrogen) atoms. The Morgan fingerprint density at radius 2 is 1.94 bits per heavy atom. The second kappa shape index (κ2) is 8.28. The fraction of sp³-hybridized carbons (Fsp3) is 0.364. The molecule has 0 amide bonds. The average molecular weight is 513 g/mol. The van der Waals surface area contributed by atoms with Crippen LogP contribution in [0.5, 0.6) is 0 Å². The number of hydrogen-bond acceptors (Lipinski definition) is 7. The van der Waals surface area contributed by atoms with Gasteiger partial charge in [-0.3, -0.25) is 4.90 Å². The summed E-state index contributed by atoms with van der Waals surface area (Å²) in [6, 6.07) is 4.83. The van der Waals surface area contributed by atoms with Crippen LogP contribution in [-0.4, -0.2) is 42.1 Å². The fourth-order valence-corrected chi connectivity index (χ4v) is 6.07. The van der Waals surface area contributed by atoms with E-state index in [9.17, 15) is 26.0 Å². The molecule has 1 aliphatic heterocycles. The molecule has 3 heterocycles. The molecule has 2 aliphatic rings. The van der Waals surface area contributed by atoms with Crippen molar-refractivity contribution in [2.75, 3.05) is 18.1 Å². The number of thiophene rings is 1. The van der Waals surface area contributed by atoms with E-state index in [-0.39, 0.29) is 21.4 Å². The van der Waals surface area contributed by atoms with Gasteiger partial charge in [-0.25, -0.2) is 22.8 Å². The molecule has 0 bridgehead atoms. The summed E-state index contributed by atoms with van der Waals surface area (Å²) in [5, 5.41) is 3.96. The highest BCUT2D eigenvalue weighted by Crippen LogP contribution is 2.39. The number of anilines is 2. The first-order valence-corrected chi connectivity index (χ1v) is 13.3. The summed E-state index contributed by atoms with van der Waals surface area (Å²) in [5.74, 6) is -0.761. The van der Waals surface area contributed by atoms with Crippen molar-refractivity contribution in [3.05, 3.63) is 52.3 Å². The molecule has 12 heteroatoms. The maximum Gasteiger partial charge on any atom is 0.420 e. The maximum absolute atomic E-state index is 14.9. The smallest absolute Gasteiger partial charge is 0.322 e. The molecular weight excluding hydrogens is 492 g/mol. The Morgan fingerprint density at radius 3 is 2.59 bits per heavy atom. The molecule has 180 valence electrons. The second-order valence-corrected chi connectivity index (χ2v) is 11.5. The van der Waals surface area contributed by atoms with Crippen LogP contribution in [0.25, 0.3) is 10.6 Å². The summed E-state index contributed by atoms with van der Waals surface area (Å²) < 4.78 is 79.2. The normalized spacial score (nSPS) is 17.0. The number of halogens is 4. The molecule has 0 atom stereocenters. The number of hydrogen-bond donors (Lipinski definition) is 1. The van der Waals surface area contributed by atoms with E-state index in [1.54, 1.807) is 6.07 Å². The molecule has 0 radical (unpaired) electrons. The van der Waals surface area contributed by atoms with E-state index in [2.05, 4.69) is 20.2 Å². The fourth-order valence-electron chi connectivity index (χ4n) is 4.04. The minimum atomic E-state index is -4.76. The van der Waals surface area contributed by atoms with Crippen LogP contribution < -0.4 is 5.32 Å². The number of nitrogens with zero attached hydrogens (tertiary/aromatic N) is 3. The molecule has 6 nitrogen and oxygen atoms in total. The second-order valence-electron chi connectivity index (χ2n) is 8.55. The van der Waals surface area contributed by atoms with Crippen LogP contribution in [0.4, 0.5) is 29.2 Å². The minimum Gasteiger partial charge on any atom is -0.322 e. The predicted molar refractivity (Wildman–Crippen MR) is 120 cm³/mol. The zero-order valence-electron chi connectivity index (χ0n) is 18.0. The van der Waals surface area contributed by atoms with Crippen LogP contribution in [-0.2, 0) is 29.0 Å². The van der Waals surface area contributed by atoms with E-state index < -0.39 is 33.1 Å². The highest BCUT2D eigenvalue weighted by atomic mass is 32.2. The summed E-state index contributed by atoms with van der Waals surface area (Å²) >= 11 is 0.828. The lowest BCUT2D eigenvalue weighted by molar-refractivity contribution is -0.137. The van der Waals surface area contributed by atoms with Gasteiger partial charge < -0.3 is 5.32 Å². The summed E-state index contributed by atoms with van der Waals surface area (Å²) in [5.41, 5.74) is 0.382. The standard InChI is InChI=1S/C22H20F4N4O2S2/c1-34(31,32)15-8-19(33-11-15)20-16(22(24,25)26)9-27-21(29-20)28-18-7-12-4-5-30(14-2-3-14)10-13(12)6-17(18)23/h6-9,11,14H,2-5,10H2,1H3,(H,27,28,29). The van der Waals surface area contributed by atoms with Crippen molar-refractivity contribution in [1.82, 2.24) is 14.9 Å². The number of aromatic nitrogens is 2. The van der Waals surface area contributed by atoms with Gasteiger partial charge in [0.15, 0.2) is 9.84 Å². The maximum atomic E-state index is 14.9. The van der Waals surface area contributed by atoms with Crippen LogP contribution in [0.1, 0.15) is 29.5 Å². The summed E-state index contributed by atoms with van der Waals surface area (Å²) in [6.45, 7) is 1.56. The molecule has 1 aliphatic carbocycles. The van der Waals surface area contributed by atoms with Crippen LogP contribution in [0, 0.1) is 5.82 Å². The Hall–Kier alpha value is -2.57. The molecule has 2 aromatic heterocycles. The highest BCUT2D eigenvalue weighted by molar-refractivity contribution is 7.90. The minimum absolute atomic E-state index is 0.0179. The van der Waals surface area contributed by atoms with Gasteiger partial charge in [0.1, 0.15) is 11.4 Å². The van der Waals surface area contributed by atoms with Gasteiger partial charge in [-0.15, -0.1) is 11.3 Å². The van der Waals surface area contributed by atoms with Crippen molar-refractivity contribution in [2.24, 2.45) is 0 Å². The molecule has 0 saturated heterocycles. The van der Waals surface area contributed by atoms with E-state index in [4.69, 9.17) is 0 Å². The SMILES string of the molecule is CS(=O)(=O)c1csc(-c2nc(Nc3cc4c(cc3F)CN(C3CC3)CC4)ncc2C(F)(F)F)c1. The Labute approximate surface area is 197 Å². The van der Waals surface area contributed by atoms with Gasteiger partial charge in [0.05, 0.1) is 21.2 Å². The van der Waals surface area contributed by atoms with Crippen molar-refractivity contribution in [3.63, 3.8) is 0 Å². The van der Waals surface area contributed by atoms with Gasteiger partial charge in [-0.1, -0.05) is 0 Å². The number of rotatable bonds is 5. The van der Waals surface area contributed by atoms with E-state index in [1.165, 1.54) is 24.3 Å². The third-order valence-corrected chi connectivity index (χ3v) is 8.15. The van der Waals surface area contributed by atoms with Crippen molar-refractivity contribution in [1.29, 1.82) is 0 Å². The first-order chi connectivity index (χ1) is 16.0. The van der Waals surface area contributed by atoms with Gasteiger partial charge in [-0.05, 0) is 48.6 Å². The number of alkyl halides is 3. The van der Waals surface area contributed by atoms with Crippen LogP contribution in [0.15, 0.2) is 34.7 Å². The van der Waals surface area contributed by atoms with E-state index in [0.29, 0.717) is 18.8 Å². The third-order valence-electron chi connectivity index (χ3n) is 5.97. The Balaban J connectivity index is 1.48. The lowest BCUT2D eigenvalue weighted by atomic mass is 9.98. The van der Waals surface area contributed by atoms with Crippen LogP contribution >= 0.6 is 11.3 Å². The molecule has 5 rings (SSSR count). The molecule has 3 aromatic rings. The van der Waals surface area contributed by atoms with Crippen LogP contribution in [0.3, 0.4) is 0 Å². The molecule has 1 aromatic carbocycles. The molecule has 0 spiro atoms. The summed E-state index contributed by atoms with van der Waals surface area (Å²) in [7, 11) is -3.60. The third kappa shape index (κ3) is 4.66. The zero-order chi connectivity index (χ0) is 24.3. The van der Waals surface area contributed by atoms with Gasteiger partial charge in [0.2, 0.25) is 5.95 Å². The first-order valence-electron chi connectivity index (χ1n) is 10.5. The molecule has 0 unspecified atom stereocenters. The predicted octanol–water partition coefficient (Wildman–Crippen LogP) is 5.03. The summed E-state index contributed by atoms with van der Waals surface area (Å²) in [4.78, 5) is 10.00. The van der Waals surface area contributed by atoms with Crippen molar-refractivity contribution in [3.8, 4) is 10.6 Å². The van der Waals surface area contributed by atoms with Crippen molar-refractivity contribution >= 4 is 32.8 Å². The monoisotopic (exact) mass is 512 g/mol. The molecule has 1 fully saturated rings. The highest BCUT2D eigenvalue weighted by Gasteiger charge is 2.36. The Bertz CT molecular complexity index is 1370. The number of benzene rings is 1.